The maximum atomic E-state index is 5.81. The maximum absolute atomic E-state index is 5.81. The molecule has 0 aliphatic heterocycles. The Hall–Kier alpha value is -0.520. The van der Waals surface area contributed by atoms with E-state index in [2.05, 4.69) is 32.8 Å². The standard InChI is InChI=1S/C8H5BrClN/c1-2-3-8-7(10)4-6(9)5-11-8/h4-5H,1H3. The fourth-order valence-corrected chi connectivity index (χ4v) is 1.30. The van der Waals surface area contributed by atoms with Crippen LogP contribution in [0.5, 0.6) is 0 Å². The molecule has 0 saturated heterocycles. The van der Waals surface area contributed by atoms with Gasteiger partial charge in [-0.15, -0.1) is 0 Å². The third-order valence-electron chi connectivity index (χ3n) is 1.05. The fourth-order valence-electron chi connectivity index (χ4n) is 0.625. The van der Waals surface area contributed by atoms with E-state index >= 15 is 0 Å². The van der Waals surface area contributed by atoms with Gasteiger partial charge in [-0.25, -0.2) is 4.98 Å². The third-order valence-corrected chi connectivity index (χ3v) is 1.77. The number of aromatic nitrogens is 1. The summed E-state index contributed by atoms with van der Waals surface area (Å²) in [5.41, 5.74) is 0.623. The summed E-state index contributed by atoms with van der Waals surface area (Å²) in [5.74, 6) is 5.52. The van der Waals surface area contributed by atoms with Gasteiger partial charge in [-0.05, 0) is 34.8 Å². The van der Waals surface area contributed by atoms with Crippen molar-refractivity contribution >= 4 is 27.5 Å². The third kappa shape index (κ3) is 2.21. The van der Waals surface area contributed by atoms with E-state index in [1.807, 2.05) is 0 Å². The first-order chi connectivity index (χ1) is 5.24. The summed E-state index contributed by atoms with van der Waals surface area (Å²) in [6.07, 6.45) is 1.67. The highest BCUT2D eigenvalue weighted by Crippen LogP contribution is 2.17. The Balaban J connectivity index is 3.16. The van der Waals surface area contributed by atoms with Crippen molar-refractivity contribution in [2.75, 3.05) is 0 Å². The van der Waals surface area contributed by atoms with Gasteiger partial charge in [0.1, 0.15) is 5.69 Å². The molecular formula is C8H5BrClN. The Morgan fingerprint density at radius 2 is 2.36 bits per heavy atom. The van der Waals surface area contributed by atoms with Gasteiger partial charge in [-0.2, -0.15) is 0 Å². The van der Waals surface area contributed by atoms with Crippen LogP contribution in [-0.4, -0.2) is 4.98 Å². The summed E-state index contributed by atoms with van der Waals surface area (Å²) in [4.78, 5) is 4.02. The van der Waals surface area contributed by atoms with Gasteiger partial charge in [-0.3, -0.25) is 0 Å². The van der Waals surface area contributed by atoms with Crippen LogP contribution in [0.2, 0.25) is 5.02 Å². The molecule has 0 unspecified atom stereocenters. The first-order valence-corrected chi connectivity index (χ1v) is 4.15. The zero-order chi connectivity index (χ0) is 8.27. The molecule has 1 heterocycles. The van der Waals surface area contributed by atoms with E-state index in [4.69, 9.17) is 11.6 Å². The lowest BCUT2D eigenvalue weighted by Crippen LogP contribution is -1.82. The molecule has 0 bridgehead atoms. The van der Waals surface area contributed by atoms with Crippen LogP contribution in [-0.2, 0) is 0 Å². The summed E-state index contributed by atoms with van der Waals surface area (Å²) in [7, 11) is 0. The minimum absolute atomic E-state index is 0.578. The first kappa shape index (κ1) is 8.58. The van der Waals surface area contributed by atoms with E-state index in [-0.39, 0.29) is 0 Å². The van der Waals surface area contributed by atoms with E-state index in [9.17, 15) is 0 Å². The van der Waals surface area contributed by atoms with Crippen LogP contribution < -0.4 is 0 Å². The SMILES string of the molecule is CC#Cc1ncc(Br)cc1Cl. The highest BCUT2D eigenvalue weighted by atomic mass is 79.9. The Labute approximate surface area is 78.9 Å². The van der Waals surface area contributed by atoms with Crippen molar-refractivity contribution in [1.29, 1.82) is 0 Å². The average Bonchev–Trinajstić information content (AvgIpc) is 1.95. The predicted octanol–water partition coefficient (Wildman–Crippen LogP) is 2.87. The van der Waals surface area contributed by atoms with Gasteiger partial charge < -0.3 is 0 Å². The average molecular weight is 230 g/mol. The lowest BCUT2D eigenvalue weighted by Gasteiger charge is -1.93. The molecule has 0 saturated carbocycles. The number of rotatable bonds is 0. The van der Waals surface area contributed by atoms with Crippen LogP contribution in [0.25, 0.3) is 0 Å². The van der Waals surface area contributed by atoms with Crippen molar-refractivity contribution in [1.82, 2.24) is 4.98 Å². The Morgan fingerprint density at radius 1 is 1.64 bits per heavy atom. The van der Waals surface area contributed by atoms with Gasteiger partial charge >= 0.3 is 0 Å². The van der Waals surface area contributed by atoms with Crippen LogP contribution in [0.4, 0.5) is 0 Å². The molecular weight excluding hydrogens is 225 g/mol. The molecule has 0 atom stereocenters. The monoisotopic (exact) mass is 229 g/mol. The highest BCUT2D eigenvalue weighted by Gasteiger charge is 1.97. The van der Waals surface area contributed by atoms with E-state index < -0.39 is 0 Å². The molecule has 0 aromatic carbocycles. The molecule has 11 heavy (non-hydrogen) atoms. The van der Waals surface area contributed by atoms with Gasteiger partial charge in [0, 0.05) is 10.7 Å². The summed E-state index contributed by atoms with van der Waals surface area (Å²) in [5, 5.41) is 0.578. The highest BCUT2D eigenvalue weighted by molar-refractivity contribution is 9.10. The predicted molar refractivity (Wildman–Crippen MR) is 49.5 cm³/mol. The van der Waals surface area contributed by atoms with Gasteiger partial charge in [0.05, 0.1) is 5.02 Å². The second kappa shape index (κ2) is 3.75. The summed E-state index contributed by atoms with van der Waals surface area (Å²) >= 11 is 9.07. The van der Waals surface area contributed by atoms with Crippen molar-refractivity contribution in [3.05, 3.63) is 27.5 Å². The molecule has 0 N–H and O–H groups in total. The number of hydrogen-bond donors (Lipinski definition) is 0. The van der Waals surface area contributed by atoms with Crippen molar-refractivity contribution in [3.8, 4) is 11.8 Å². The molecule has 3 heteroatoms. The molecule has 0 aliphatic rings. The quantitative estimate of drug-likeness (QED) is 0.625. The van der Waals surface area contributed by atoms with Crippen LogP contribution >= 0.6 is 27.5 Å². The first-order valence-electron chi connectivity index (χ1n) is 2.98. The van der Waals surface area contributed by atoms with Crippen molar-refractivity contribution < 1.29 is 0 Å². The van der Waals surface area contributed by atoms with E-state index in [0.29, 0.717) is 10.7 Å². The van der Waals surface area contributed by atoms with Crippen molar-refractivity contribution in [2.45, 2.75) is 6.92 Å². The fraction of sp³-hybridized carbons (Fsp3) is 0.125. The second-order valence-corrected chi connectivity index (χ2v) is 3.18. The zero-order valence-electron chi connectivity index (χ0n) is 5.86. The van der Waals surface area contributed by atoms with Crippen molar-refractivity contribution in [2.24, 2.45) is 0 Å². The molecule has 1 aromatic rings. The van der Waals surface area contributed by atoms with Crippen LogP contribution in [0, 0.1) is 11.8 Å². The van der Waals surface area contributed by atoms with Gasteiger partial charge in [0.15, 0.2) is 0 Å². The molecule has 0 aliphatic carbocycles. The number of pyridine rings is 1. The van der Waals surface area contributed by atoms with Crippen LogP contribution in [0.1, 0.15) is 12.6 Å². The van der Waals surface area contributed by atoms with Gasteiger partial charge in [-0.1, -0.05) is 17.5 Å². The smallest absolute Gasteiger partial charge is 0.131 e. The van der Waals surface area contributed by atoms with E-state index in [1.165, 1.54) is 0 Å². The van der Waals surface area contributed by atoms with Gasteiger partial charge in [0.2, 0.25) is 0 Å². The largest absolute Gasteiger partial charge is 0.245 e. The summed E-state index contributed by atoms with van der Waals surface area (Å²) < 4.78 is 0.865. The molecule has 56 valence electrons. The number of nitrogens with zero attached hydrogens (tertiary/aromatic N) is 1. The minimum atomic E-state index is 0.578. The van der Waals surface area contributed by atoms with E-state index in [0.717, 1.165) is 4.47 Å². The Bertz CT molecular complexity index is 325. The molecule has 1 nitrogen and oxygen atoms in total. The summed E-state index contributed by atoms with van der Waals surface area (Å²) in [6, 6.07) is 1.77. The molecule has 1 rings (SSSR count). The number of halogens is 2. The molecule has 1 aromatic heterocycles. The minimum Gasteiger partial charge on any atom is -0.245 e. The molecule has 0 radical (unpaired) electrons. The lowest BCUT2D eigenvalue weighted by atomic mass is 10.3. The normalized spacial score (nSPS) is 8.64. The van der Waals surface area contributed by atoms with Crippen LogP contribution in [0.15, 0.2) is 16.7 Å². The zero-order valence-corrected chi connectivity index (χ0v) is 8.20. The Morgan fingerprint density at radius 3 is 2.91 bits per heavy atom. The lowest BCUT2D eigenvalue weighted by molar-refractivity contribution is 1.27. The number of hydrogen-bond acceptors (Lipinski definition) is 1. The Kier molecular flexibility index (Phi) is 2.92. The van der Waals surface area contributed by atoms with E-state index in [1.54, 1.807) is 19.2 Å². The molecule has 0 amide bonds. The molecule has 0 fully saturated rings. The van der Waals surface area contributed by atoms with Gasteiger partial charge in [0.25, 0.3) is 0 Å². The summed E-state index contributed by atoms with van der Waals surface area (Å²) in [6.45, 7) is 1.75. The van der Waals surface area contributed by atoms with Crippen molar-refractivity contribution in [3.63, 3.8) is 0 Å². The van der Waals surface area contributed by atoms with Crippen LogP contribution in [0.3, 0.4) is 0 Å². The maximum Gasteiger partial charge on any atom is 0.131 e. The molecule has 0 spiro atoms. The topological polar surface area (TPSA) is 12.9 Å². The second-order valence-electron chi connectivity index (χ2n) is 1.86.